The summed E-state index contributed by atoms with van der Waals surface area (Å²) < 4.78 is 31.3. The van der Waals surface area contributed by atoms with E-state index >= 15 is 0 Å². The molecule has 1 atom stereocenters. The third-order valence-electron chi connectivity index (χ3n) is 5.86. The van der Waals surface area contributed by atoms with Crippen molar-refractivity contribution in [2.24, 2.45) is 0 Å². The van der Waals surface area contributed by atoms with Crippen LogP contribution in [0.25, 0.3) is 11.0 Å². The van der Waals surface area contributed by atoms with Gasteiger partial charge in [0.05, 0.1) is 29.7 Å². The average molecular weight is 468 g/mol. The zero-order chi connectivity index (χ0) is 24.2. The summed E-state index contributed by atoms with van der Waals surface area (Å²) in [5.74, 6) is -0.206. The van der Waals surface area contributed by atoms with Crippen LogP contribution in [-0.4, -0.2) is 36.7 Å². The van der Waals surface area contributed by atoms with Crippen LogP contribution in [0.4, 0.5) is 4.39 Å². The first-order valence-electron chi connectivity index (χ1n) is 11.8. The fourth-order valence-corrected chi connectivity index (χ4v) is 4.23. The van der Waals surface area contributed by atoms with Gasteiger partial charge in [-0.2, -0.15) is 0 Å². The lowest BCUT2D eigenvalue weighted by Crippen LogP contribution is -2.31. The summed E-state index contributed by atoms with van der Waals surface area (Å²) in [5, 5.41) is 0.122. The molecule has 0 fully saturated rings. The molecule has 34 heavy (non-hydrogen) atoms. The summed E-state index contributed by atoms with van der Waals surface area (Å²) in [5.41, 5.74) is 0.777. The molecule has 180 valence electrons. The van der Waals surface area contributed by atoms with Crippen LogP contribution < -0.4 is 10.2 Å². The van der Waals surface area contributed by atoms with E-state index in [1.807, 2.05) is 38.1 Å². The number of unbranched alkanes of at least 4 members (excludes halogenated alkanes) is 1. The van der Waals surface area contributed by atoms with E-state index in [0.717, 1.165) is 24.5 Å². The minimum Gasteiger partial charge on any atom is -0.494 e. The zero-order valence-electron chi connectivity index (χ0n) is 19.8. The number of rotatable bonds is 10. The quantitative estimate of drug-likeness (QED) is 0.370. The molecule has 0 saturated carbocycles. The minimum atomic E-state index is -0.653. The fraction of sp³-hybridized carbons (Fsp3) is 0.407. The van der Waals surface area contributed by atoms with Crippen LogP contribution in [0, 0.1) is 5.82 Å². The summed E-state index contributed by atoms with van der Waals surface area (Å²) in [4.78, 5) is 28.6. The molecular weight excluding hydrogens is 437 g/mol. The Morgan fingerprint density at radius 2 is 1.91 bits per heavy atom. The highest BCUT2D eigenvalue weighted by Crippen LogP contribution is 2.39. The van der Waals surface area contributed by atoms with E-state index in [0.29, 0.717) is 31.9 Å². The van der Waals surface area contributed by atoms with Gasteiger partial charge in [0.2, 0.25) is 5.76 Å². The highest BCUT2D eigenvalue weighted by atomic mass is 19.1. The molecule has 1 aliphatic rings. The van der Waals surface area contributed by atoms with E-state index < -0.39 is 17.3 Å². The second-order valence-corrected chi connectivity index (χ2v) is 8.76. The second-order valence-electron chi connectivity index (χ2n) is 8.76. The Balaban J connectivity index is 1.77. The molecule has 0 aliphatic carbocycles. The Kier molecular flexibility index (Phi) is 7.32. The molecule has 1 amide bonds. The van der Waals surface area contributed by atoms with Gasteiger partial charge < -0.3 is 18.8 Å². The van der Waals surface area contributed by atoms with Crippen molar-refractivity contribution in [3.8, 4) is 5.75 Å². The number of nitrogens with zero attached hydrogens (tertiary/aromatic N) is 1. The van der Waals surface area contributed by atoms with Gasteiger partial charge in [-0.1, -0.05) is 25.5 Å². The molecule has 2 heterocycles. The predicted octanol–water partition coefficient (Wildman–Crippen LogP) is 5.47. The number of carbonyl (C=O) groups is 1. The van der Waals surface area contributed by atoms with Gasteiger partial charge in [0.1, 0.15) is 17.1 Å². The summed E-state index contributed by atoms with van der Waals surface area (Å²) in [6, 6.07) is 10.5. The van der Waals surface area contributed by atoms with Crippen LogP contribution in [0.5, 0.6) is 5.75 Å². The smallest absolute Gasteiger partial charge is 0.290 e. The van der Waals surface area contributed by atoms with Crippen LogP contribution in [0.3, 0.4) is 0 Å². The topological polar surface area (TPSA) is 69.0 Å². The Bertz CT molecular complexity index is 1240. The summed E-state index contributed by atoms with van der Waals surface area (Å²) in [6.07, 6.45) is 2.63. The van der Waals surface area contributed by atoms with Crippen molar-refractivity contribution in [1.29, 1.82) is 0 Å². The molecule has 0 bridgehead atoms. The number of amides is 1. The molecule has 6 nitrogen and oxygen atoms in total. The van der Waals surface area contributed by atoms with Crippen molar-refractivity contribution in [3.63, 3.8) is 0 Å². The van der Waals surface area contributed by atoms with Gasteiger partial charge in [-0.05, 0) is 62.6 Å². The number of hydrogen-bond acceptors (Lipinski definition) is 5. The minimum absolute atomic E-state index is 0.0104. The lowest BCUT2D eigenvalue weighted by atomic mass is 9.98. The maximum atomic E-state index is 13.9. The number of carbonyl (C=O) groups excluding carboxylic acids is 1. The number of benzene rings is 2. The van der Waals surface area contributed by atoms with Crippen LogP contribution in [0.1, 0.15) is 67.8 Å². The number of ether oxygens (including phenoxy) is 2. The number of fused-ring (bicyclic) bond motifs is 2. The van der Waals surface area contributed by atoms with Crippen molar-refractivity contribution in [3.05, 3.63) is 75.4 Å². The molecule has 2 aromatic carbocycles. The molecule has 0 saturated heterocycles. The molecule has 1 unspecified atom stereocenters. The van der Waals surface area contributed by atoms with Crippen molar-refractivity contribution in [2.45, 2.75) is 52.2 Å². The first kappa shape index (κ1) is 24.0. The summed E-state index contributed by atoms with van der Waals surface area (Å²) in [7, 11) is 0. The van der Waals surface area contributed by atoms with Crippen LogP contribution in [0.2, 0.25) is 0 Å². The monoisotopic (exact) mass is 467 g/mol. The highest BCUT2D eigenvalue weighted by Gasteiger charge is 2.42. The summed E-state index contributed by atoms with van der Waals surface area (Å²) >= 11 is 0. The first-order chi connectivity index (χ1) is 16.4. The molecule has 1 aromatic heterocycles. The average Bonchev–Trinajstić information content (AvgIpc) is 3.09. The Morgan fingerprint density at radius 3 is 2.68 bits per heavy atom. The van der Waals surface area contributed by atoms with E-state index in [2.05, 4.69) is 6.92 Å². The van der Waals surface area contributed by atoms with E-state index in [4.69, 9.17) is 13.9 Å². The predicted molar refractivity (Wildman–Crippen MR) is 128 cm³/mol. The van der Waals surface area contributed by atoms with Crippen LogP contribution in [-0.2, 0) is 4.74 Å². The van der Waals surface area contributed by atoms with Crippen LogP contribution >= 0.6 is 0 Å². The largest absolute Gasteiger partial charge is 0.494 e. The maximum absolute atomic E-state index is 13.9. The number of hydrogen-bond donors (Lipinski definition) is 0. The third kappa shape index (κ3) is 4.85. The Hall–Kier alpha value is -3.19. The van der Waals surface area contributed by atoms with Gasteiger partial charge in [0, 0.05) is 13.2 Å². The molecule has 3 aromatic rings. The molecule has 4 rings (SSSR count). The first-order valence-corrected chi connectivity index (χ1v) is 11.8. The lowest BCUT2D eigenvalue weighted by Gasteiger charge is -2.25. The van der Waals surface area contributed by atoms with E-state index in [1.165, 1.54) is 12.1 Å². The standard InChI is InChI=1S/C27H30FNO5/c1-4-5-13-33-20-9-6-8-18(15-20)24-23-25(30)21-16-19(28)10-11-22(21)34-26(23)27(31)29(24)12-7-14-32-17(2)3/h6,8-11,15-17,24H,4-5,7,12-14H2,1-3H3. The molecule has 0 radical (unpaired) electrons. The summed E-state index contributed by atoms with van der Waals surface area (Å²) in [6.45, 7) is 7.45. The maximum Gasteiger partial charge on any atom is 0.290 e. The van der Waals surface area contributed by atoms with Crippen molar-refractivity contribution >= 4 is 16.9 Å². The van der Waals surface area contributed by atoms with Crippen molar-refractivity contribution in [1.82, 2.24) is 4.90 Å². The molecule has 1 aliphatic heterocycles. The SMILES string of the molecule is CCCCOc1cccc(C2c3c(oc4ccc(F)cc4c3=O)C(=O)N2CCCOC(C)C)c1. The lowest BCUT2D eigenvalue weighted by molar-refractivity contribution is 0.0593. The van der Waals surface area contributed by atoms with E-state index in [-0.39, 0.29) is 34.3 Å². The second kappa shape index (κ2) is 10.4. The Labute approximate surface area is 198 Å². The van der Waals surface area contributed by atoms with Crippen LogP contribution in [0.15, 0.2) is 51.7 Å². The van der Waals surface area contributed by atoms with Gasteiger partial charge >= 0.3 is 0 Å². The molecule has 0 spiro atoms. The fourth-order valence-electron chi connectivity index (χ4n) is 4.23. The van der Waals surface area contributed by atoms with Gasteiger partial charge in [0.15, 0.2) is 5.43 Å². The van der Waals surface area contributed by atoms with Gasteiger partial charge in [-0.25, -0.2) is 4.39 Å². The zero-order valence-corrected chi connectivity index (χ0v) is 19.8. The highest BCUT2D eigenvalue weighted by molar-refractivity contribution is 5.99. The number of halogens is 1. The van der Waals surface area contributed by atoms with E-state index in [9.17, 15) is 14.0 Å². The van der Waals surface area contributed by atoms with Gasteiger partial charge in [-0.3, -0.25) is 9.59 Å². The van der Waals surface area contributed by atoms with Crippen molar-refractivity contribution < 1.29 is 23.1 Å². The normalized spacial score (nSPS) is 15.4. The third-order valence-corrected chi connectivity index (χ3v) is 5.86. The van der Waals surface area contributed by atoms with Gasteiger partial charge in [0.25, 0.3) is 5.91 Å². The van der Waals surface area contributed by atoms with Crippen molar-refractivity contribution in [2.75, 3.05) is 19.8 Å². The Morgan fingerprint density at radius 1 is 1.09 bits per heavy atom. The molecule has 0 N–H and O–H groups in total. The van der Waals surface area contributed by atoms with E-state index in [1.54, 1.807) is 4.90 Å². The molecular formula is C27H30FNO5. The van der Waals surface area contributed by atoms with Gasteiger partial charge in [-0.15, -0.1) is 0 Å². The molecule has 7 heteroatoms.